The molecule has 0 saturated carbocycles. The van der Waals surface area contributed by atoms with Crippen molar-refractivity contribution >= 4 is 17.0 Å². The second-order valence-electron chi connectivity index (χ2n) is 2.76. The molecule has 0 N–H and O–H groups in total. The third-order valence-electron chi connectivity index (χ3n) is 1.88. The lowest BCUT2D eigenvalue weighted by atomic mass is 10.1. The molecule has 2 aromatic rings. The molecule has 13 heavy (non-hydrogen) atoms. The molecule has 2 rings (SSSR count). The molecule has 0 atom stereocenters. The minimum absolute atomic E-state index is 0.325. The van der Waals surface area contributed by atoms with Crippen LogP contribution in [0.25, 0.3) is 17.0 Å². The number of hydrogen-bond donors (Lipinski definition) is 0. The third-order valence-corrected chi connectivity index (χ3v) is 1.88. The van der Waals surface area contributed by atoms with Gasteiger partial charge in [0.15, 0.2) is 0 Å². The average Bonchev–Trinajstić information content (AvgIpc) is 2.16. The summed E-state index contributed by atoms with van der Waals surface area (Å²) in [5, 5.41) is 0.921. The van der Waals surface area contributed by atoms with Gasteiger partial charge in [-0.3, -0.25) is 0 Å². The third kappa shape index (κ3) is 1.38. The zero-order valence-corrected chi connectivity index (χ0v) is 6.99. The zero-order valence-electron chi connectivity index (χ0n) is 6.99. The second-order valence-corrected chi connectivity index (χ2v) is 2.76. The SMILES string of the molecule is C=Cc1ccc2ccc(=O)oc2c1. The molecule has 2 heteroatoms. The normalized spacial score (nSPS) is 10.2. The van der Waals surface area contributed by atoms with Crippen LogP contribution in [-0.4, -0.2) is 0 Å². The number of hydrogen-bond acceptors (Lipinski definition) is 2. The Morgan fingerprint density at radius 2 is 2.00 bits per heavy atom. The molecule has 0 radical (unpaired) electrons. The van der Waals surface area contributed by atoms with Crippen molar-refractivity contribution in [2.24, 2.45) is 0 Å². The Kier molecular flexibility index (Phi) is 1.74. The average molecular weight is 172 g/mol. The van der Waals surface area contributed by atoms with Gasteiger partial charge in [0.25, 0.3) is 0 Å². The van der Waals surface area contributed by atoms with Gasteiger partial charge >= 0.3 is 5.63 Å². The van der Waals surface area contributed by atoms with Gasteiger partial charge < -0.3 is 4.42 Å². The highest BCUT2D eigenvalue weighted by Gasteiger charge is 1.96. The van der Waals surface area contributed by atoms with E-state index in [0.717, 1.165) is 10.9 Å². The van der Waals surface area contributed by atoms with Crippen LogP contribution in [0, 0.1) is 0 Å². The van der Waals surface area contributed by atoms with E-state index in [-0.39, 0.29) is 5.63 Å². The van der Waals surface area contributed by atoms with Crippen molar-refractivity contribution in [1.82, 2.24) is 0 Å². The topological polar surface area (TPSA) is 30.2 Å². The van der Waals surface area contributed by atoms with E-state index in [9.17, 15) is 4.79 Å². The van der Waals surface area contributed by atoms with Crippen molar-refractivity contribution < 1.29 is 4.42 Å². The fourth-order valence-electron chi connectivity index (χ4n) is 1.20. The van der Waals surface area contributed by atoms with Crippen molar-refractivity contribution in [2.75, 3.05) is 0 Å². The van der Waals surface area contributed by atoms with Crippen molar-refractivity contribution in [3.05, 3.63) is 52.9 Å². The summed E-state index contributed by atoms with van der Waals surface area (Å²) in [7, 11) is 0. The summed E-state index contributed by atoms with van der Waals surface area (Å²) >= 11 is 0. The summed E-state index contributed by atoms with van der Waals surface area (Å²) in [6.07, 6.45) is 1.71. The molecule has 0 unspecified atom stereocenters. The molecule has 2 nitrogen and oxygen atoms in total. The molecule has 0 aliphatic carbocycles. The molecule has 0 amide bonds. The van der Waals surface area contributed by atoms with Gasteiger partial charge in [0.2, 0.25) is 0 Å². The Balaban J connectivity index is 2.82. The van der Waals surface area contributed by atoms with Gasteiger partial charge in [-0.25, -0.2) is 4.79 Å². The summed E-state index contributed by atoms with van der Waals surface area (Å²) in [5.74, 6) is 0. The summed E-state index contributed by atoms with van der Waals surface area (Å²) in [6.45, 7) is 3.64. The zero-order chi connectivity index (χ0) is 9.26. The van der Waals surface area contributed by atoms with E-state index in [4.69, 9.17) is 4.42 Å². The van der Waals surface area contributed by atoms with Gasteiger partial charge in [-0.2, -0.15) is 0 Å². The smallest absolute Gasteiger partial charge is 0.336 e. The second kappa shape index (κ2) is 2.90. The molecule has 0 saturated heterocycles. The first-order valence-electron chi connectivity index (χ1n) is 3.96. The maximum atomic E-state index is 10.9. The molecule has 0 aliphatic rings. The van der Waals surface area contributed by atoms with Crippen molar-refractivity contribution in [2.45, 2.75) is 0 Å². The van der Waals surface area contributed by atoms with E-state index in [0.29, 0.717) is 5.58 Å². The molecule has 0 fully saturated rings. The van der Waals surface area contributed by atoms with Crippen molar-refractivity contribution in [3.63, 3.8) is 0 Å². The Bertz CT molecular complexity index is 509. The minimum Gasteiger partial charge on any atom is -0.423 e. The van der Waals surface area contributed by atoms with Gasteiger partial charge in [0, 0.05) is 11.5 Å². The molecular weight excluding hydrogens is 164 g/mol. The highest BCUT2D eigenvalue weighted by Crippen LogP contribution is 2.14. The summed E-state index contributed by atoms with van der Waals surface area (Å²) in [6, 6.07) is 8.78. The first kappa shape index (κ1) is 7.80. The predicted octanol–water partition coefficient (Wildman–Crippen LogP) is 2.44. The van der Waals surface area contributed by atoms with E-state index in [1.165, 1.54) is 6.07 Å². The lowest BCUT2D eigenvalue weighted by molar-refractivity contribution is 0.561. The van der Waals surface area contributed by atoms with Gasteiger partial charge in [-0.15, -0.1) is 0 Å². The van der Waals surface area contributed by atoms with Crippen molar-refractivity contribution in [1.29, 1.82) is 0 Å². The maximum absolute atomic E-state index is 10.9. The molecule has 1 aromatic heterocycles. The quantitative estimate of drug-likeness (QED) is 0.618. The van der Waals surface area contributed by atoms with E-state index in [2.05, 4.69) is 6.58 Å². The summed E-state index contributed by atoms with van der Waals surface area (Å²) in [4.78, 5) is 10.9. The predicted molar refractivity (Wildman–Crippen MR) is 52.6 cm³/mol. The highest BCUT2D eigenvalue weighted by atomic mass is 16.4. The maximum Gasteiger partial charge on any atom is 0.336 e. The Morgan fingerprint density at radius 1 is 1.23 bits per heavy atom. The molecular formula is C11H8O2. The number of rotatable bonds is 1. The monoisotopic (exact) mass is 172 g/mol. The van der Waals surface area contributed by atoms with Crippen LogP contribution in [0.4, 0.5) is 0 Å². The first-order valence-corrected chi connectivity index (χ1v) is 3.96. The van der Waals surface area contributed by atoms with Crippen LogP contribution in [0.5, 0.6) is 0 Å². The van der Waals surface area contributed by atoms with Crippen LogP contribution < -0.4 is 5.63 Å². The fraction of sp³-hybridized carbons (Fsp3) is 0. The fourth-order valence-corrected chi connectivity index (χ4v) is 1.20. The Morgan fingerprint density at radius 3 is 2.77 bits per heavy atom. The van der Waals surface area contributed by atoms with Crippen LogP contribution in [0.2, 0.25) is 0 Å². The van der Waals surface area contributed by atoms with Crippen LogP contribution in [0.15, 0.2) is 46.1 Å². The lowest BCUT2D eigenvalue weighted by Crippen LogP contribution is -1.94. The van der Waals surface area contributed by atoms with Crippen LogP contribution in [0.1, 0.15) is 5.56 Å². The van der Waals surface area contributed by atoms with E-state index >= 15 is 0 Å². The summed E-state index contributed by atoms with van der Waals surface area (Å²) < 4.78 is 5.00. The van der Waals surface area contributed by atoms with E-state index < -0.39 is 0 Å². The van der Waals surface area contributed by atoms with Crippen LogP contribution >= 0.6 is 0 Å². The van der Waals surface area contributed by atoms with Crippen LogP contribution in [0.3, 0.4) is 0 Å². The Labute approximate surface area is 75.1 Å². The molecule has 0 spiro atoms. The lowest BCUT2D eigenvalue weighted by Gasteiger charge is -1.96. The molecule has 1 heterocycles. The molecule has 1 aromatic carbocycles. The summed E-state index contributed by atoms with van der Waals surface area (Å²) in [5.41, 5.74) is 1.22. The minimum atomic E-state index is -0.325. The number of fused-ring (bicyclic) bond motifs is 1. The molecule has 64 valence electrons. The van der Waals surface area contributed by atoms with Crippen LogP contribution in [-0.2, 0) is 0 Å². The van der Waals surface area contributed by atoms with Crippen molar-refractivity contribution in [3.8, 4) is 0 Å². The standard InChI is InChI=1S/C11H8O2/c1-2-8-3-4-9-5-6-11(12)13-10(9)7-8/h2-7H,1H2. The Hall–Kier alpha value is -1.83. The molecule has 0 bridgehead atoms. The largest absolute Gasteiger partial charge is 0.423 e. The van der Waals surface area contributed by atoms with Gasteiger partial charge in [-0.05, 0) is 17.7 Å². The van der Waals surface area contributed by atoms with Gasteiger partial charge in [0.1, 0.15) is 5.58 Å². The van der Waals surface area contributed by atoms with E-state index in [1.54, 1.807) is 18.2 Å². The van der Waals surface area contributed by atoms with Gasteiger partial charge in [0.05, 0.1) is 0 Å². The molecule has 0 aliphatic heterocycles. The first-order chi connectivity index (χ1) is 6.29. The van der Waals surface area contributed by atoms with Gasteiger partial charge in [-0.1, -0.05) is 24.8 Å². The highest BCUT2D eigenvalue weighted by molar-refractivity contribution is 5.78. The number of benzene rings is 1. The van der Waals surface area contributed by atoms with E-state index in [1.807, 2.05) is 12.1 Å².